The van der Waals surface area contributed by atoms with Crippen molar-refractivity contribution in [3.05, 3.63) is 35.4 Å². The fraction of sp³-hybridized carbons (Fsp3) is 0.500. The van der Waals surface area contributed by atoms with Gasteiger partial charge in [0.05, 0.1) is 12.0 Å². The van der Waals surface area contributed by atoms with Crippen LogP contribution in [0.3, 0.4) is 0 Å². The molecule has 76 valence electrons. The van der Waals surface area contributed by atoms with E-state index < -0.39 is 0 Å². The fourth-order valence-electron chi connectivity index (χ4n) is 3.36. The zero-order chi connectivity index (χ0) is 10.3. The first-order valence-corrected chi connectivity index (χ1v) is 5.85. The van der Waals surface area contributed by atoms with Gasteiger partial charge in [0.25, 0.3) is 0 Å². The number of nitriles is 1. The van der Waals surface area contributed by atoms with E-state index in [0.29, 0.717) is 17.8 Å². The van der Waals surface area contributed by atoms with Crippen molar-refractivity contribution in [2.75, 3.05) is 0 Å². The van der Waals surface area contributed by atoms with E-state index in [1.54, 1.807) is 0 Å². The Balaban J connectivity index is 2.01. The fourth-order valence-corrected chi connectivity index (χ4v) is 3.36. The number of benzene rings is 1. The maximum absolute atomic E-state index is 9.23. The summed E-state index contributed by atoms with van der Waals surface area (Å²) in [5.74, 6) is 1.57. The van der Waals surface area contributed by atoms with Crippen LogP contribution in [0, 0.1) is 29.1 Å². The minimum atomic E-state index is 0.317. The number of hydrogen-bond acceptors (Lipinski definition) is 1. The molecule has 2 aliphatic rings. The molecule has 1 aromatic carbocycles. The molecule has 0 aromatic heterocycles. The number of hydrogen-bond donors (Lipinski definition) is 0. The Morgan fingerprint density at radius 1 is 1.00 bits per heavy atom. The van der Waals surface area contributed by atoms with E-state index >= 15 is 0 Å². The molecule has 0 spiro atoms. The van der Waals surface area contributed by atoms with Gasteiger partial charge in [0.15, 0.2) is 0 Å². The van der Waals surface area contributed by atoms with Gasteiger partial charge in [0.2, 0.25) is 0 Å². The summed E-state index contributed by atoms with van der Waals surface area (Å²) in [6, 6.07) is 11.3. The summed E-state index contributed by atoms with van der Waals surface area (Å²) < 4.78 is 0. The molecule has 1 fully saturated rings. The Bertz CT molecular complexity index is 383. The average Bonchev–Trinajstić information content (AvgIpc) is 2.54. The van der Waals surface area contributed by atoms with Crippen LogP contribution in [0.4, 0.5) is 0 Å². The summed E-state index contributed by atoms with van der Waals surface area (Å²) in [7, 11) is 0. The highest BCUT2D eigenvalue weighted by Gasteiger charge is 2.38. The molecule has 0 heterocycles. The standard InChI is InChI=1S/C14H15N/c15-9-14-12-5-6-13(14)8-11-4-2-1-3-10(11)7-12/h1-4,12-14H,5-8H2. The summed E-state index contributed by atoms with van der Waals surface area (Å²) in [5.41, 5.74) is 2.98. The molecular weight excluding hydrogens is 182 g/mol. The first-order valence-electron chi connectivity index (χ1n) is 5.85. The molecule has 0 amide bonds. The van der Waals surface area contributed by atoms with Crippen molar-refractivity contribution in [3.63, 3.8) is 0 Å². The zero-order valence-electron chi connectivity index (χ0n) is 8.82. The van der Waals surface area contributed by atoms with Crippen molar-refractivity contribution >= 4 is 0 Å². The zero-order valence-corrected chi connectivity index (χ0v) is 8.82. The maximum atomic E-state index is 9.23. The van der Waals surface area contributed by atoms with E-state index in [9.17, 15) is 5.26 Å². The largest absolute Gasteiger partial charge is 0.198 e. The highest BCUT2D eigenvalue weighted by Crippen LogP contribution is 2.43. The Morgan fingerprint density at radius 2 is 1.53 bits per heavy atom. The summed E-state index contributed by atoms with van der Waals surface area (Å²) in [5, 5.41) is 9.23. The van der Waals surface area contributed by atoms with Crippen LogP contribution in [0.15, 0.2) is 24.3 Å². The van der Waals surface area contributed by atoms with E-state index in [0.717, 1.165) is 12.8 Å². The second-order valence-corrected chi connectivity index (χ2v) is 4.93. The molecule has 3 rings (SSSR count). The molecule has 2 atom stereocenters. The number of fused-ring (bicyclic) bond motifs is 3. The van der Waals surface area contributed by atoms with Crippen molar-refractivity contribution in [2.45, 2.75) is 25.7 Å². The van der Waals surface area contributed by atoms with E-state index in [1.165, 1.54) is 24.0 Å². The molecule has 0 aliphatic heterocycles. The first kappa shape index (κ1) is 8.97. The van der Waals surface area contributed by atoms with Crippen molar-refractivity contribution in [3.8, 4) is 6.07 Å². The Kier molecular flexibility index (Phi) is 2.02. The molecule has 0 radical (unpaired) electrons. The van der Waals surface area contributed by atoms with Crippen LogP contribution in [0.5, 0.6) is 0 Å². The maximum Gasteiger partial charge on any atom is 0.0661 e. The summed E-state index contributed by atoms with van der Waals surface area (Å²) >= 11 is 0. The van der Waals surface area contributed by atoms with Gasteiger partial charge < -0.3 is 0 Å². The van der Waals surface area contributed by atoms with Crippen LogP contribution in [-0.2, 0) is 12.8 Å². The van der Waals surface area contributed by atoms with Crippen LogP contribution in [-0.4, -0.2) is 0 Å². The van der Waals surface area contributed by atoms with Gasteiger partial charge >= 0.3 is 0 Å². The lowest BCUT2D eigenvalue weighted by Crippen LogP contribution is -2.12. The summed E-state index contributed by atoms with van der Waals surface area (Å²) in [6.07, 6.45) is 4.78. The first-order chi connectivity index (χ1) is 7.38. The van der Waals surface area contributed by atoms with E-state index in [-0.39, 0.29) is 0 Å². The van der Waals surface area contributed by atoms with Crippen LogP contribution in [0.1, 0.15) is 24.0 Å². The smallest absolute Gasteiger partial charge is 0.0661 e. The van der Waals surface area contributed by atoms with Gasteiger partial charge in [0.1, 0.15) is 0 Å². The minimum absolute atomic E-state index is 0.317. The second-order valence-electron chi connectivity index (χ2n) is 4.93. The summed E-state index contributed by atoms with van der Waals surface area (Å²) in [6.45, 7) is 0. The second kappa shape index (κ2) is 3.38. The van der Waals surface area contributed by atoms with Crippen LogP contribution >= 0.6 is 0 Å². The molecule has 0 saturated heterocycles. The number of rotatable bonds is 0. The molecule has 2 aliphatic carbocycles. The van der Waals surface area contributed by atoms with Gasteiger partial charge in [-0.1, -0.05) is 24.3 Å². The molecule has 1 saturated carbocycles. The predicted octanol–water partition coefficient (Wildman–Crippen LogP) is 2.95. The molecule has 15 heavy (non-hydrogen) atoms. The van der Waals surface area contributed by atoms with E-state index in [2.05, 4.69) is 30.3 Å². The van der Waals surface area contributed by atoms with E-state index in [1.807, 2.05) is 0 Å². The molecule has 0 N–H and O–H groups in total. The van der Waals surface area contributed by atoms with Crippen molar-refractivity contribution in [1.82, 2.24) is 0 Å². The van der Waals surface area contributed by atoms with Gasteiger partial charge in [-0.3, -0.25) is 0 Å². The SMILES string of the molecule is N#CC1C2CCC1Cc1ccccc1C2. The highest BCUT2D eigenvalue weighted by atomic mass is 14.4. The third kappa shape index (κ3) is 1.36. The van der Waals surface area contributed by atoms with Crippen molar-refractivity contribution in [1.29, 1.82) is 5.26 Å². The lowest BCUT2D eigenvalue weighted by Gasteiger charge is -2.12. The van der Waals surface area contributed by atoms with Gasteiger partial charge in [0, 0.05) is 0 Å². The minimum Gasteiger partial charge on any atom is -0.198 e. The Hall–Kier alpha value is -1.29. The van der Waals surface area contributed by atoms with Gasteiger partial charge in [-0.25, -0.2) is 0 Å². The highest BCUT2D eigenvalue weighted by molar-refractivity contribution is 5.31. The molecule has 2 unspecified atom stereocenters. The quantitative estimate of drug-likeness (QED) is 0.627. The Labute approximate surface area is 90.7 Å². The monoisotopic (exact) mass is 197 g/mol. The van der Waals surface area contributed by atoms with Gasteiger partial charge in [-0.05, 0) is 48.6 Å². The molecule has 1 aromatic rings. The molecular formula is C14H15N. The lowest BCUT2D eigenvalue weighted by atomic mass is 9.89. The van der Waals surface area contributed by atoms with Crippen LogP contribution < -0.4 is 0 Å². The predicted molar refractivity (Wildman–Crippen MR) is 59.2 cm³/mol. The van der Waals surface area contributed by atoms with Crippen molar-refractivity contribution in [2.24, 2.45) is 17.8 Å². The van der Waals surface area contributed by atoms with Crippen molar-refractivity contribution < 1.29 is 0 Å². The third-order valence-electron chi connectivity index (χ3n) is 4.16. The van der Waals surface area contributed by atoms with E-state index in [4.69, 9.17) is 0 Å². The van der Waals surface area contributed by atoms with Crippen LogP contribution in [0.2, 0.25) is 0 Å². The third-order valence-corrected chi connectivity index (χ3v) is 4.16. The van der Waals surface area contributed by atoms with Gasteiger partial charge in [-0.2, -0.15) is 5.26 Å². The topological polar surface area (TPSA) is 23.8 Å². The normalized spacial score (nSPS) is 32.9. The Morgan fingerprint density at radius 3 is 2.00 bits per heavy atom. The number of nitrogens with zero attached hydrogens (tertiary/aromatic N) is 1. The molecule has 2 bridgehead atoms. The molecule has 1 heteroatoms. The van der Waals surface area contributed by atoms with Crippen LogP contribution in [0.25, 0.3) is 0 Å². The summed E-state index contributed by atoms with van der Waals surface area (Å²) in [4.78, 5) is 0. The lowest BCUT2D eigenvalue weighted by molar-refractivity contribution is 0.401. The van der Waals surface area contributed by atoms with Gasteiger partial charge in [-0.15, -0.1) is 0 Å². The average molecular weight is 197 g/mol. The molecule has 1 nitrogen and oxygen atoms in total.